The first-order chi connectivity index (χ1) is 11.9. The van der Waals surface area contributed by atoms with Crippen molar-refractivity contribution < 1.29 is 4.42 Å². The van der Waals surface area contributed by atoms with Gasteiger partial charge >= 0.3 is 0 Å². The number of para-hydroxylation sites is 1. The number of pyridine rings is 1. The average Bonchev–Trinajstić information content (AvgIpc) is 3.21. The molecule has 1 aliphatic carbocycles. The number of nitrogens with zero attached hydrogens (tertiary/aromatic N) is 1. The second-order valence-corrected chi connectivity index (χ2v) is 6.39. The molecule has 0 unspecified atom stereocenters. The molecule has 2 heteroatoms. The largest absolute Gasteiger partial charge is 0.456 e. The Morgan fingerprint density at radius 1 is 0.833 bits per heavy atom. The molecule has 6 rings (SSSR count). The Labute approximate surface area is 138 Å². The van der Waals surface area contributed by atoms with E-state index in [1.807, 2.05) is 24.4 Å². The molecule has 2 heterocycles. The second kappa shape index (κ2) is 4.24. The summed E-state index contributed by atoms with van der Waals surface area (Å²) in [5.41, 5.74) is 8.20. The van der Waals surface area contributed by atoms with Crippen LogP contribution in [0.15, 0.2) is 71.3 Å². The lowest BCUT2D eigenvalue weighted by atomic mass is 9.97. The third-order valence-electron chi connectivity index (χ3n) is 5.14. The molecule has 0 fully saturated rings. The van der Waals surface area contributed by atoms with E-state index in [2.05, 4.69) is 42.5 Å². The van der Waals surface area contributed by atoms with Crippen LogP contribution in [0.3, 0.4) is 0 Å². The van der Waals surface area contributed by atoms with E-state index in [9.17, 15) is 0 Å². The fraction of sp³-hybridized carbons (Fsp3) is 0.0455. The molecule has 112 valence electrons. The molecule has 24 heavy (non-hydrogen) atoms. The number of benzene rings is 3. The topological polar surface area (TPSA) is 26.0 Å². The van der Waals surface area contributed by atoms with Gasteiger partial charge in [-0.2, -0.15) is 0 Å². The number of aromatic nitrogens is 1. The maximum Gasteiger partial charge on any atom is 0.140 e. The molecule has 2 nitrogen and oxygen atoms in total. The highest BCUT2D eigenvalue weighted by atomic mass is 16.3. The van der Waals surface area contributed by atoms with Gasteiger partial charge < -0.3 is 4.42 Å². The zero-order valence-corrected chi connectivity index (χ0v) is 12.9. The molecule has 0 radical (unpaired) electrons. The minimum absolute atomic E-state index is 0.911. The lowest BCUT2D eigenvalue weighted by Gasteiger charge is -2.07. The van der Waals surface area contributed by atoms with Crippen LogP contribution in [0, 0.1) is 0 Å². The predicted octanol–water partition coefficient (Wildman–Crippen LogP) is 5.71. The van der Waals surface area contributed by atoms with Crippen LogP contribution in [-0.2, 0) is 6.42 Å². The monoisotopic (exact) mass is 307 g/mol. The fourth-order valence-electron chi connectivity index (χ4n) is 4.16. The van der Waals surface area contributed by atoms with Crippen molar-refractivity contribution >= 4 is 32.8 Å². The first-order valence-electron chi connectivity index (χ1n) is 8.21. The first kappa shape index (κ1) is 12.3. The summed E-state index contributed by atoms with van der Waals surface area (Å²) in [7, 11) is 0. The van der Waals surface area contributed by atoms with Gasteiger partial charge in [0, 0.05) is 39.9 Å². The highest BCUT2D eigenvalue weighted by molar-refractivity contribution is 6.23. The van der Waals surface area contributed by atoms with Crippen molar-refractivity contribution in [3.8, 4) is 11.1 Å². The number of furan rings is 1. The molecule has 0 saturated heterocycles. The summed E-state index contributed by atoms with van der Waals surface area (Å²) in [5.74, 6) is 0. The van der Waals surface area contributed by atoms with Crippen LogP contribution >= 0.6 is 0 Å². The average molecular weight is 307 g/mol. The molecule has 0 spiro atoms. The number of hydrogen-bond donors (Lipinski definition) is 0. The van der Waals surface area contributed by atoms with Gasteiger partial charge in [-0.1, -0.05) is 48.5 Å². The van der Waals surface area contributed by atoms with Gasteiger partial charge in [-0.15, -0.1) is 0 Å². The molecule has 0 N–H and O–H groups in total. The van der Waals surface area contributed by atoms with Gasteiger partial charge in [-0.25, -0.2) is 0 Å². The van der Waals surface area contributed by atoms with Crippen molar-refractivity contribution in [2.24, 2.45) is 0 Å². The smallest absolute Gasteiger partial charge is 0.140 e. The van der Waals surface area contributed by atoms with E-state index in [0.29, 0.717) is 0 Å². The van der Waals surface area contributed by atoms with Crippen molar-refractivity contribution in [2.75, 3.05) is 0 Å². The molecular weight excluding hydrogens is 294 g/mol. The molecule has 2 aromatic heterocycles. The predicted molar refractivity (Wildman–Crippen MR) is 97.3 cm³/mol. The molecule has 0 bridgehead atoms. The third-order valence-corrected chi connectivity index (χ3v) is 5.14. The zero-order valence-electron chi connectivity index (χ0n) is 12.9. The Hall–Kier alpha value is -3.13. The van der Waals surface area contributed by atoms with Crippen molar-refractivity contribution in [1.29, 1.82) is 0 Å². The maximum absolute atomic E-state index is 6.31. The summed E-state index contributed by atoms with van der Waals surface area (Å²) in [6.07, 6.45) is 2.80. The van der Waals surface area contributed by atoms with E-state index in [4.69, 9.17) is 9.40 Å². The zero-order chi connectivity index (χ0) is 15.7. The Morgan fingerprint density at radius 2 is 1.67 bits per heavy atom. The van der Waals surface area contributed by atoms with Crippen LogP contribution in [-0.4, -0.2) is 4.98 Å². The number of hydrogen-bond acceptors (Lipinski definition) is 2. The van der Waals surface area contributed by atoms with Gasteiger partial charge in [0.15, 0.2) is 0 Å². The van der Waals surface area contributed by atoms with Crippen LogP contribution in [0.5, 0.6) is 0 Å². The number of fused-ring (bicyclic) bond motifs is 10. The van der Waals surface area contributed by atoms with Gasteiger partial charge in [0.2, 0.25) is 0 Å². The minimum Gasteiger partial charge on any atom is -0.456 e. The van der Waals surface area contributed by atoms with E-state index in [0.717, 1.165) is 23.1 Å². The van der Waals surface area contributed by atoms with Gasteiger partial charge in [-0.3, -0.25) is 4.98 Å². The van der Waals surface area contributed by atoms with Crippen LogP contribution in [0.1, 0.15) is 11.1 Å². The second-order valence-electron chi connectivity index (χ2n) is 6.39. The molecule has 1 aliphatic rings. The van der Waals surface area contributed by atoms with Gasteiger partial charge in [0.1, 0.15) is 11.2 Å². The van der Waals surface area contributed by atoms with Crippen molar-refractivity contribution in [1.82, 2.24) is 4.98 Å². The van der Waals surface area contributed by atoms with E-state index in [1.165, 1.54) is 38.4 Å². The van der Waals surface area contributed by atoms with Crippen molar-refractivity contribution in [3.63, 3.8) is 0 Å². The molecular formula is C22H13NO. The molecule has 0 atom stereocenters. The standard InChI is InChI=1S/C22H13NO/c1-2-7-14-13(6-1)12-17-19(14)21-16(9-5-11-23-21)20-15-8-3-4-10-18(15)24-22(17)20/h1-11H,12H2. The normalized spacial score (nSPS) is 12.8. The summed E-state index contributed by atoms with van der Waals surface area (Å²) < 4.78 is 6.31. The van der Waals surface area contributed by atoms with E-state index < -0.39 is 0 Å². The molecule has 0 saturated carbocycles. The van der Waals surface area contributed by atoms with Crippen LogP contribution in [0.25, 0.3) is 44.0 Å². The Kier molecular flexibility index (Phi) is 2.17. The summed E-state index contributed by atoms with van der Waals surface area (Å²) in [6, 6.07) is 21.1. The SMILES string of the molecule is c1ccc2c(c1)Cc1c-2c2ncccc2c2c1oc1ccccc12. The summed E-state index contributed by atoms with van der Waals surface area (Å²) in [5, 5.41) is 3.54. The van der Waals surface area contributed by atoms with Crippen molar-refractivity contribution in [3.05, 3.63) is 78.0 Å². The Balaban J connectivity index is 1.94. The van der Waals surface area contributed by atoms with Gasteiger partial charge in [0.25, 0.3) is 0 Å². The third kappa shape index (κ3) is 1.39. The van der Waals surface area contributed by atoms with Gasteiger partial charge in [-0.05, 0) is 23.3 Å². The number of rotatable bonds is 0. The Morgan fingerprint density at radius 3 is 2.67 bits per heavy atom. The Bertz CT molecular complexity index is 1280. The lowest BCUT2D eigenvalue weighted by Crippen LogP contribution is -1.87. The highest BCUT2D eigenvalue weighted by Gasteiger charge is 2.27. The lowest BCUT2D eigenvalue weighted by molar-refractivity contribution is 0.665. The first-order valence-corrected chi connectivity index (χ1v) is 8.21. The van der Waals surface area contributed by atoms with Crippen LogP contribution < -0.4 is 0 Å². The van der Waals surface area contributed by atoms with E-state index in [1.54, 1.807) is 0 Å². The molecule has 3 aromatic carbocycles. The van der Waals surface area contributed by atoms with Gasteiger partial charge in [0.05, 0.1) is 5.52 Å². The summed E-state index contributed by atoms with van der Waals surface area (Å²) in [4.78, 5) is 4.75. The van der Waals surface area contributed by atoms with Crippen molar-refractivity contribution in [2.45, 2.75) is 6.42 Å². The molecule has 0 amide bonds. The highest BCUT2D eigenvalue weighted by Crippen LogP contribution is 2.47. The molecule has 5 aromatic rings. The molecule has 0 aliphatic heterocycles. The van der Waals surface area contributed by atoms with Crippen LogP contribution in [0.4, 0.5) is 0 Å². The van der Waals surface area contributed by atoms with E-state index >= 15 is 0 Å². The van der Waals surface area contributed by atoms with Crippen LogP contribution in [0.2, 0.25) is 0 Å². The fourth-order valence-corrected chi connectivity index (χ4v) is 4.16. The summed E-state index contributed by atoms with van der Waals surface area (Å²) >= 11 is 0. The van der Waals surface area contributed by atoms with E-state index in [-0.39, 0.29) is 0 Å². The maximum atomic E-state index is 6.31. The summed E-state index contributed by atoms with van der Waals surface area (Å²) in [6.45, 7) is 0. The quantitative estimate of drug-likeness (QED) is 0.359. The minimum atomic E-state index is 0.911.